The third-order valence-corrected chi connectivity index (χ3v) is 6.19. The standard InChI is InChI=1S/C19H20N2O3S/c22-18(20-13-3-4-15-16(9-13)24-11-23-15)10-21-7-5-17-14(6-8-25-17)19(21)12-1-2-12/h3-4,6,8-9,12,19H,1-2,5,7,10-11H2,(H,20,22). The summed E-state index contributed by atoms with van der Waals surface area (Å²) in [6, 6.07) is 8.19. The highest BCUT2D eigenvalue weighted by Gasteiger charge is 2.40. The van der Waals surface area contributed by atoms with Gasteiger partial charge in [-0.2, -0.15) is 0 Å². The number of carbonyl (C=O) groups is 1. The van der Waals surface area contributed by atoms with Crippen molar-refractivity contribution >= 4 is 22.9 Å². The fourth-order valence-corrected chi connectivity index (χ4v) is 4.81. The smallest absolute Gasteiger partial charge is 0.238 e. The monoisotopic (exact) mass is 356 g/mol. The van der Waals surface area contributed by atoms with E-state index in [0.29, 0.717) is 24.3 Å². The first-order valence-electron chi connectivity index (χ1n) is 8.78. The van der Waals surface area contributed by atoms with Gasteiger partial charge in [0.05, 0.1) is 6.54 Å². The molecule has 3 heterocycles. The SMILES string of the molecule is O=C(CN1CCc2sccc2C1C1CC1)Nc1ccc2c(c1)OCO2. The zero-order valence-electron chi connectivity index (χ0n) is 13.9. The highest BCUT2D eigenvalue weighted by Crippen LogP contribution is 2.48. The molecule has 1 fully saturated rings. The minimum Gasteiger partial charge on any atom is -0.454 e. The van der Waals surface area contributed by atoms with Gasteiger partial charge in [-0.25, -0.2) is 0 Å². The van der Waals surface area contributed by atoms with Gasteiger partial charge in [-0.05, 0) is 54.3 Å². The van der Waals surface area contributed by atoms with E-state index >= 15 is 0 Å². The van der Waals surface area contributed by atoms with E-state index in [9.17, 15) is 4.79 Å². The molecule has 0 saturated heterocycles. The molecule has 5 rings (SSSR count). The number of benzene rings is 1. The van der Waals surface area contributed by atoms with Crippen molar-refractivity contribution in [3.05, 3.63) is 40.1 Å². The summed E-state index contributed by atoms with van der Waals surface area (Å²) in [5.41, 5.74) is 2.21. The molecule has 130 valence electrons. The lowest BCUT2D eigenvalue weighted by Crippen LogP contribution is -2.41. The van der Waals surface area contributed by atoms with Crippen LogP contribution >= 0.6 is 11.3 Å². The van der Waals surface area contributed by atoms with Crippen LogP contribution in [0.5, 0.6) is 11.5 Å². The molecule has 1 unspecified atom stereocenters. The lowest BCUT2D eigenvalue weighted by atomic mass is 9.96. The summed E-state index contributed by atoms with van der Waals surface area (Å²) >= 11 is 1.86. The predicted octanol–water partition coefficient (Wildman–Crippen LogP) is 3.42. The molecule has 5 nitrogen and oxygen atoms in total. The van der Waals surface area contributed by atoms with Gasteiger partial charge in [0, 0.05) is 29.2 Å². The lowest BCUT2D eigenvalue weighted by molar-refractivity contribution is -0.118. The number of ether oxygens (including phenoxy) is 2. The maximum atomic E-state index is 12.6. The number of nitrogens with zero attached hydrogens (tertiary/aromatic N) is 1. The second kappa shape index (κ2) is 6.04. The van der Waals surface area contributed by atoms with Gasteiger partial charge in [-0.1, -0.05) is 0 Å². The molecule has 2 aliphatic heterocycles. The van der Waals surface area contributed by atoms with Gasteiger partial charge in [0.2, 0.25) is 12.7 Å². The highest BCUT2D eigenvalue weighted by atomic mass is 32.1. The Hall–Kier alpha value is -2.05. The molecule has 1 aromatic heterocycles. The number of anilines is 1. The second-order valence-corrected chi connectivity index (χ2v) is 7.92. The Labute approximate surface area is 150 Å². The number of amides is 1. The van der Waals surface area contributed by atoms with Crippen LogP contribution in [0, 0.1) is 5.92 Å². The molecule has 1 saturated carbocycles. The molecule has 1 amide bonds. The maximum absolute atomic E-state index is 12.6. The Morgan fingerprint density at radius 1 is 1.24 bits per heavy atom. The van der Waals surface area contributed by atoms with Crippen LogP contribution in [0.3, 0.4) is 0 Å². The van der Waals surface area contributed by atoms with Crippen LogP contribution in [0.25, 0.3) is 0 Å². The van der Waals surface area contributed by atoms with Crippen molar-refractivity contribution in [2.75, 3.05) is 25.2 Å². The molecule has 0 radical (unpaired) electrons. The van der Waals surface area contributed by atoms with Crippen LogP contribution in [0.15, 0.2) is 29.6 Å². The van der Waals surface area contributed by atoms with E-state index in [4.69, 9.17) is 9.47 Å². The van der Waals surface area contributed by atoms with Gasteiger partial charge in [0.25, 0.3) is 0 Å². The minimum atomic E-state index is 0.0307. The predicted molar refractivity (Wildman–Crippen MR) is 96.3 cm³/mol. The van der Waals surface area contributed by atoms with Crippen molar-refractivity contribution in [2.24, 2.45) is 5.92 Å². The molecule has 25 heavy (non-hydrogen) atoms. The van der Waals surface area contributed by atoms with Crippen LogP contribution < -0.4 is 14.8 Å². The van der Waals surface area contributed by atoms with Gasteiger partial charge < -0.3 is 14.8 Å². The van der Waals surface area contributed by atoms with Gasteiger partial charge in [0.1, 0.15) is 0 Å². The molecular formula is C19H20N2O3S. The van der Waals surface area contributed by atoms with Gasteiger partial charge in [-0.3, -0.25) is 9.69 Å². The van der Waals surface area contributed by atoms with E-state index in [-0.39, 0.29) is 12.7 Å². The molecule has 1 atom stereocenters. The van der Waals surface area contributed by atoms with Crippen molar-refractivity contribution < 1.29 is 14.3 Å². The summed E-state index contributed by atoms with van der Waals surface area (Å²) in [5, 5.41) is 5.19. The van der Waals surface area contributed by atoms with Gasteiger partial charge in [-0.15, -0.1) is 11.3 Å². The van der Waals surface area contributed by atoms with Crippen molar-refractivity contribution in [3.8, 4) is 11.5 Å². The Kier molecular flexibility index (Phi) is 3.68. The number of carbonyl (C=O) groups excluding carboxylic acids is 1. The average Bonchev–Trinajstić information content (AvgIpc) is 3.14. The molecule has 0 spiro atoms. The van der Waals surface area contributed by atoms with Crippen LogP contribution in [0.4, 0.5) is 5.69 Å². The molecule has 2 aromatic rings. The van der Waals surface area contributed by atoms with Crippen molar-refractivity contribution in [1.82, 2.24) is 4.90 Å². The highest BCUT2D eigenvalue weighted by molar-refractivity contribution is 7.10. The average molecular weight is 356 g/mol. The Morgan fingerprint density at radius 2 is 2.12 bits per heavy atom. The summed E-state index contributed by atoms with van der Waals surface area (Å²) < 4.78 is 10.7. The number of hydrogen-bond acceptors (Lipinski definition) is 5. The van der Waals surface area contributed by atoms with E-state index in [2.05, 4.69) is 21.7 Å². The third-order valence-electron chi connectivity index (χ3n) is 5.19. The number of hydrogen-bond donors (Lipinski definition) is 1. The van der Waals surface area contributed by atoms with E-state index in [1.165, 1.54) is 23.3 Å². The molecule has 1 aliphatic carbocycles. The number of fused-ring (bicyclic) bond motifs is 2. The van der Waals surface area contributed by atoms with Crippen LogP contribution in [0.2, 0.25) is 0 Å². The van der Waals surface area contributed by atoms with Crippen LogP contribution in [-0.4, -0.2) is 30.7 Å². The summed E-state index contributed by atoms with van der Waals surface area (Å²) in [6.07, 6.45) is 3.61. The molecule has 1 aromatic carbocycles. The Balaban J connectivity index is 1.29. The van der Waals surface area contributed by atoms with E-state index in [0.717, 1.165) is 24.4 Å². The van der Waals surface area contributed by atoms with E-state index in [1.807, 2.05) is 29.5 Å². The van der Waals surface area contributed by atoms with Crippen molar-refractivity contribution in [3.63, 3.8) is 0 Å². The third kappa shape index (κ3) is 2.89. The zero-order valence-corrected chi connectivity index (χ0v) is 14.7. The summed E-state index contributed by atoms with van der Waals surface area (Å²) in [5.74, 6) is 2.16. The van der Waals surface area contributed by atoms with Gasteiger partial charge in [0.15, 0.2) is 11.5 Å². The van der Waals surface area contributed by atoms with Crippen molar-refractivity contribution in [1.29, 1.82) is 0 Å². The van der Waals surface area contributed by atoms with Crippen LogP contribution in [-0.2, 0) is 11.2 Å². The quantitative estimate of drug-likeness (QED) is 0.912. The second-order valence-electron chi connectivity index (χ2n) is 6.92. The Bertz CT molecular complexity index is 815. The Morgan fingerprint density at radius 3 is 3.00 bits per heavy atom. The summed E-state index contributed by atoms with van der Waals surface area (Å²) in [4.78, 5) is 16.5. The fraction of sp³-hybridized carbons (Fsp3) is 0.421. The van der Waals surface area contributed by atoms with Crippen LogP contribution in [0.1, 0.15) is 29.3 Å². The molecular weight excluding hydrogens is 336 g/mol. The molecule has 6 heteroatoms. The largest absolute Gasteiger partial charge is 0.454 e. The molecule has 3 aliphatic rings. The number of thiophene rings is 1. The first-order valence-corrected chi connectivity index (χ1v) is 9.66. The fourth-order valence-electron chi connectivity index (χ4n) is 3.90. The van der Waals surface area contributed by atoms with Gasteiger partial charge >= 0.3 is 0 Å². The number of rotatable bonds is 4. The molecule has 0 bridgehead atoms. The summed E-state index contributed by atoms with van der Waals surface area (Å²) in [6.45, 7) is 1.64. The maximum Gasteiger partial charge on any atom is 0.238 e. The van der Waals surface area contributed by atoms with Crippen molar-refractivity contribution in [2.45, 2.75) is 25.3 Å². The molecule has 1 N–H and O–H groups in total. The first kappa shape index (κ1) is 15.2. The summed E-state index contributed by atoms with van der Waals surface area (Å²) in [7, 11) is 0. The zero-order chi connectivity index (χ0) is 16.8. The van der Waals surface area contributed by atoms with E-state index in [1.54, 1.807) is 0 Å². The number of nitrogens with one attached hydrogen (secondary N) is 1. The first-order chi connectivity index (χ1) is 12.3. The lowest BCUT2D eigenvalue weighted by Gasteiger charge is -2.35. The normalized spacial score (nSPS) is 21.8. The topological polar surface area (TPSA) is 50.8 Å². The van der Waals surface area contributed by atoms with E-state index < -0.39 is 0 Å². The minimum absolute atomic E-state index is 0.0307.